The molecule has 1 amide bonds. The molecule has 0 atom stereocenters. The summed E-state index contributed by atoms with van der Waals surface area (Å²) in [6.45, 7) is 4.59. The van der Waals surface area contributed by atoms with Crippen molar-refractivity contribution < 1.29 is 4.79 Å². The fraction of sp³-hybridized carbons (Fsp3) is 0.818. The fourth-order valence-corrected chi connectivity index (χ4v) is 2.14. The second-order valence-corrected chi connectivity index (χ2v) is 5.18. The van der Waals surface area contributed by atoms with E-state index in [1.165, 1.54) is 0 Å². The van der Waals surface area contributed by atoms with Crippen LogP contribution in [0.5, 0.6) is 0 Å². The maximum absolute atomic E-state index is 11.8. The second-order valence-electron chi connectivity index (χ2n) is 4.66. The highest BCUT2D eigenvalue weighted by molar-refractivity contribution is 7.80. The smallest absolute Gasteiger partial charge is 0.225 e. The van der Waals surface area contributed by atoms with Gasteiger partial charge in [-0.25, -0.2) is 0 Å². The molecule has 1 saturated carbocycles. The zero-order valence-corrected chi connectivity index (χ0v) is 10.3. The van der Waals surface area contributed by atoms with E-state index in [2.05, 4.69) is 4.90 Å². The van der Waals surface area contributed by atoms with Gasteiger partial charge >= 0.3 is 0 Å². The van der Waals surface area contributed by atoms with Crippen LogP contribution in [0.2, 0.25) is 0 Å². The van der Waals surface area contributed by atoms with Crippen LogP contribution in [0.3, 0.4) is 0 Å². The van der Waals surface area contributed by atoms with Crippen molar-refractivity contribution in [1.82, 2.24) is 9.80 Å². The van der Waals surface area contributed by atoms with Gasteiger partial charge in [0.25, 0.3) is 0 Å². The number of piperazine rings is 1. The van der Waals surface area contributed by atoms with Crippen molar-refractivity contribution in [2.45, 2.75) is 19.3 Å². The number of carbonyl (C=O) groups is 1. The van der Waals surface area contributed by atoms with Crippen LogP contribution in [0.4, 0.5) is 0 Å². The summed E-state index contributed by atoms with van der Waals surface area (Å²) in [6.07, 6.45) is 2.98. The summed E-state index contributed by atoms with van der Waals surface area (Å²) in [5, 5.41) is 0. The van der Waals surface area contributed by atoms with E-state index in [1.54, 1.807) is 0 Å². The van der Waals surface area contributed by atoms with Crippen LogP contribution < -0.4 is 5.73 Å². The van der Waals surface area contributed by atoms with Gasteiger partial charge in [0.15, 0.2) is 0 Å². The largest absolute Gasteiger partial charge is 0.393 e. The van der Waals surface area contributed by atoms with Gasteiger partial charge in [-0.1, -0.05) is 12.2 Å². The molecule has 1 saturated heterocycles. The van der Waals surface area contributed by atoms with Crippen molar-refractivity contribution in [3.8, 4) is 0 Å². The van der Waals surface area contributed by atoms with Crippen LogP contribution in [-0.2, 0) is 4.79 Å². The topological polar surface area (TPSA) is 49.6 Å². The molecule has 1 aliphatic heterocycles. The summed E-state index contributed by atoms with van der Waals surface area (Å²) in [4.78, 5) is 16.7. The van der Waals surface area contributed by atoms with Gasteiger partial charge in [-0.05, 0) is 12.8 Å². The average Bonchev–Trinajstić information content (AvgIpc) is 3.10. The van der Waals surface area contributed by atoms with Crippen molar-refractivity contribution in [3.63, 3.8) is 0 Å². The Kier molecular flexibility index (Phi) is 3.76. The van der Waals surface area contributed by atoms with E-state index in [-0.39, 0.29) is 0 Å². The van der Waals surface area contributed by atoms with Crippen LogP contribution in [0.15, 0.2) is 0 Å². The monoisotopic (exact) mass is 241 g/mol. The quantitative estimate of drug-likeness (QED) is 0.715. The Bertz CT molecular complexity index is 283. The van der Waals surface area contributed by atoms with E-state index in [0.29, 0.717) is 16.8 Å². The van der Waals surface area contributed by atoms with E-state index >= 15 is 0 Å². The molecule has 16 heavy (non-hydrogen) atoms. The standard InChI is InChI=1S/C11H19N3OS/c12-10(16)3-4-13-5-7-14(8-6-13)11(15)9-1-2-9/h9H,1-8H2,(H2,12,16). The molecule has 0 aromatic heterocycles. The fourth-order valence-electron chi connectivity index (χ4n) is 2.05. The van der Waals surface area contributed by atoms with E-state index in [9.17, 15) is 4.79 Å². The number of amides is 1. The molecule has 2 fully saturated rings. The van der Waals surface area contributed by atoms with E-state index in [4.69, 9.17) is 18.0 Å². The van der Waals surface area contributed by atoms with Crippen LogP contribution in [-0.4, -0.2) is 53.4 Å². The molecular weight excluding hydrogens is 222 g/mol. The van der Waals surface area contributed by atoms with Gasteiger partial charge < -0.3 is 10.6 Å². The molecule has 2 N–H and O–H groups in total. The Balaban J connectivity index is 1.69. The molecule has 0 radical (unpaired) electrons. The number of carbonyl (C=O) groups excluding carboxylic acids is 1. The number of nitrogens with two attached hydrogens (primary N) is 1. The Labute approximate surface area is 102 Å². The third-order valence-corrected chi connectivity index (χ3v) is 3.49. The second kappa shape index (κ2) is 5.10. The predicted octanol–water partition coefficient (Wildman–Crippen LogP) is 0.217. The summed E-state index contributed by atoms with van der Waals surface area (Å²) in [5.74, 6) is 0.720. The molecule has 1 aliphatic carbocycles. The third kappa shape index (κ3) is 3.15. The van der Waals surface area contributed by atoms with Crippen molar-refractivity contribution in [2.24, 2.45) is 11.7 Å². The minimum Gasteiger partial charge on any atom is -0.393 e. The highest BCUT2D eigenvalue weighted by Crippen LogP contribution is 2.31. The molecule has 1 heterocycles. The summed E-state index contributed by atoms with van der Waals surface area (Å²) in [7, 11) is 0. The Morgan fingerprint density at radius 1 is 1.25 bits per heavy atom. The Morgan fingerprint density at radius 3 is 2.38 bits per heavy atom. The molecule has 2 rings (SSSR count). The minimum absolute atomic E-state index is 0.350. The van der Waals surface area contributed by atoms with Gasteiger partial charge in [0.05, 0.1) is 4.99 Å². The van der Waals surface area contributed by atoms with Gasteiger partial charge in [0.1, 0.15) is 0 Å². The Hall–Kier alpha value is -0.680. The maximum atomic E-state index is 11.8. The molecule has 5 heteroatoms. The van der Waals surface area contributed by atoms with Crippen molar-refractivity contribution >= 4 is 23.1 Å². The zero-order chi connectivity index (χ0) is 11.5. The summed E-state index contributed by atoms with van der Waals surface area (Å²) in [6, 6.07) is 0. The van der Waals surface area contributed by atoms with Gasteiger partial charge in [-0.15, -0.1) is 0 Å². The normalized spacial score (nSPS) is 22.1. The number of nitrogens with zero attached hydrogens (tertiary/aromatic N) is 2. The van der Waals surface area contributed by atoms with Crippen LogP contribution >= 0.6 is 12.2 Å². The van der Waals surface area contributed by atoms with E-state index in [0.717, 1.165) is 52.0 Å². The lowest BCUT2D eigenvalue weighted by Crippen LogP contribution is -2.49. The number of hydrogen-bond donors (Lipinski definition) is 1. The van der Waals surface area contributed by atoms with Crippen LogP contribution in [0, 0.1) is 5.92 Å². The third-order valence-electron chi connectivity index (χ3n) is 3.28. The first-order chi connectivity index (χ1) is 7.66. The first-order valence-electron chi connectivity index (χ1n) is 5.96. The van der Waals surface area contributed by atoms with Crippen LogP contribution in [0.25, 0.3) is 0 Å². The van der Waals surface area contributed by atoms with E-state index < -0.39 is 0 Å². The molecule has 2 aliphatic rings. The molecule has 0 bridgehead atoms. The van der Waals surface area contributed by atoms with Gasteiger partial charge in [-0.3, -0.25) is 9.69 Å². The van der Waals surface area contributed by atoms with Crippen LogP contribution in [0.1, 0.15) is 19.3 Å². The molecule has 90 valence electrons. The predicted molar refractivity (Wildman–Crippen MR) is 67.1 cm³/mol. The lowest BCUT2D eigenvalue weighted by Gasteiger charge is -2.34. The molecule has 0 unspecified atom stereocenters. The first kappa shape index (κ1) is 11.8. The Morgan fingerprint density at radius 2 is 1.88 bits per heavy atom. The molecule has 0 aromatic rings. The van der Waals surface area contributed by atoms with E-state index in [1.807, 2.05) is 4.90 Å². The van der Waals surface area contributed by atoms with Crippen molar-refractivity contribution in [2.75, 3.05) is 32.7 Å². The maximum Gasteiger partial charge on any atom is 0.225 e. The van der Waals surface area contributed by atoms with Gasteiger partial charge in [-0.2, -0.15) is 0 Å². The summed E-state index contributed by atoms with van der Waals surface area (Å²) < 4.78 is 0. The van der Waals surface area contributed by atoms with Gasteiger partial charge in [0.2, 0.25) is 5.91 Å². The van der Waals surface area contributed by atoms with Gasteiger partial charge in [0, 0.05) is 45.1 Å². The lowest BCUT2D eigenvalue weighted by molar-refractivity contribution is -0.134. The zero-order valence-electron chi connectivity index (χ0n) is 9.52. The molecule has 4 nitrogen and oxygen atoms in total. The SMILES string of the molecule is NC(=S)CCN1CCN(C(=O)C2CC2)CC1. The number of hydrogen-bond acceptors (Lipinski definition) is 3. The summed E-state index contributed by atoms with van der Waals surface area (Å²) in [5.41, 5.74) is 5.47. The molecule has 0 spiro atoms. The van der Waals surface area contributed by atoms with Crippen molar-refractivity contribution in [1.29, 1.82) is 0 Å². The number of rotatable bonds is 4. The highest BCUT2D eigenvalue weighted by atomic mass is 32.1. The molecular formula is C11H19N3OS. The molecule has 0 aromatic carbocycles. The minimum atomic E-state index is 0.350. The first-order valence-corrected chi connectivity index (χ1v) is 6.37. The highest BCUT2D eigenvalue weighted by Gasteiger charge is 2.34. The van der Waals surface area contributed by atoms with Crippen molar-refractivity contribution in [3.05, 3.63) is 0 Å². The average molecular weight is 241 g/mol. The number of thiocarbonyl (C=S) groups is 1. The lowest BCUT2D eigenvalue weighted by atomic mass is 10.2. The summed E-state index contributed by atoms with van der Waals surface area (Å²) >= 11 is 4.86.